The van der Waals surface area contributed by atoms with E-state index in [1.807, 2.05) is 38.1 Å². The molecule has 5 heteroatoms. The van der Waals surface area contributed by atoms with Crippen LogP contribution in [0.15, 0.2) is 29.2 Å². The molecule has 0 unspecified atom stereocenters. The van der Waals surface area contributed by atoms with Crippen molar-refractivity contribution in [1.29, 1.82) is 0 Å². The Morgan fingerprint density at radius 1 is 1.40 bits per heavy atom. The van der Waals surface area contributed by atoms with Crippen LogP contribution in [0.1, 0.15) is 19.4 Å². The molecule has 20 heavy (non-hydrogen) atoms. The van der Waals surface area contributed by atoms with Crippen molar-refractivity contribution in [2.24, 2.45) is 0 Å². The normalized spacial score (nSPS) is 20.9. The van der Waals surface area contributed by atoms with Crippen LogP contribution in [-0.4, -0.2) is 37.3 Å². The summed E-state index contributed by atoms with van der Waals surface area (Å²) in [6.45, 7) is 4.50. The Morgan fingerprint density at radius 3 is 2.65 bits per heavy atom. The Hall–Kier alpha value is -1.04. The van der Waals surface area contributed by atoms with E-state index in [2.05, 4.69) is 4.74 Å². The van der Waals surface area contributed by atoms with E-state index < -0.39 is 5.79 Å². The Bertz CT molecular complexity index is 455. The number of carbonyl (C=O) groups excluding carboxylic acids is 1. The van der Waals surface area contributed by atoms with Gasteiger partial charge in [-0.15, -0.1) is 11.8 Å². The van der Waals surface area contributed by atoms with Crippen molar-refractivity contribution < 1.29 is 19.0 Å². The Kier molecular flexibility index (Phi) is 5.07. The Balaban J connectivity index is 1.81. The molecule has 0 bridgehead atoms. The van der Waals surface area contributed by atoms with Crippen LogP contribution in [0.2, 0.25) is 0 Å². The van der Waals surface area contributed by atoms with E-state index in [9.17, 15) is 4.79 Å². The van der Waals surface area contributed by atoms with Gasteiger partial charge in [0.25, 0.3) is 0 Å². The molecule has 0 saturated carbocycles. The first kappa shape index (κ1) is 15.4. The molecule has 1 fully saturated rings. The van der Waals surface area contributed by atoms with Crippen molar-refractivity contribution >= 4 is 17.7 Å². The zero-order chi connectivity index (χ0) is 14.6. The van der Waals surface area contributed by atoms with Crippen LogP contribution in [-0.2, 0) is 25.4 Å². The number of esters is 1. The summed E-state index contributed by atoms with van der Waals surface area (Å²) in [5.74, 6) is 0.180. The van der Waals surface area contributed by atoms with E-state index in [1.54, 1.807) is 11.8 Å². The van der Waals surface area contributed by atoms with E-state index in [1.165, 1.54) is 7.11 Å². The number of methoxy groups -OCH3 is 1. The van der Waals surface area contributed by atoms with Crippen LogP contribution >= 0.6 is 11.8 Å². The zero-order valence-electron chi connectivity index (χ0n) is 12.0. The van der Waals surface area contributed by atoms with Gasteiger partial charge in [0.05, 0.1) is 26.2 Å². The van der Waals surface area contributed by atoms with Crippen molar-refractivity contribution in [3.8, 4) is 0 Å². The lowest BCUT2D eigenvalue weighted by atomic mass is 10.2. The Labute approximate surface area is 123 Å². The quantitative estimate of drug-likeness (QED) is 0.617. The van der Waals surface area contributed by atoms with Crippen LogP contribution in [0.4, 0.5) is 0 Å². The van der Waals surface area contributed by atoms with E-state index in [4.69, 9.17) is 9.47 Å². The number of benzene rings is 1. The maximum Gasteiger partial charge on any atom is 0.309 e. The molecule has 0 N–H and O–H groups in total. The van der Waals surface area contributed by atoms with E-state index >= 15 is 0 Å². The second-order valence-electron chi connectivity index (χ2n) is 5.16. The molecule has 1 aromatic rings. The largest absolute Gasteiger partial charge is 0.469 e. The highest BCUT2D eigenvalue weighted by Gasteiger charge is 2.32. The standard InChI is InChI=1S/C15H20O4S/c1-15(2)18-9-12(19-15)10-20-13-6-4-11(5-7-13)8-14(16)17-3/h4-7,12H,8-10H2,1-3H3/t12-/m1/s1. The zero-order valence-corrected chi connectivity index (χ0v) is 12.9. The molecule has 0 spiro atoms. The maximum absolute atomic E-state index is 11.2. The molecule has 1 aromatic carbocycles. The summed E-state index contributed by atoms with van der Waals surface area (Å²) in [6, 6.07) is 7.94. The van der Waals surface area contributed by atoms with Gasteiger partial charge in [0, 0.05) is 10.6 Å². The highest BCUT2D eigenvalue weighted by atomic mass is 32.2. The van der Waals surface area contributed by atoms with Gasteiger partial charge in [0.2, 0.25) is 0 Å². The molecule has 1 aliphatic rings. The van der Waals surface area contributed by atoms with Crippen LogP contribution in [0, 0.1) is 0 Å². The van der Waals surface area contributed by atoms with Gasteiger partial charge in [0.1, 0.15) is 0 Å². The molecule has 0 radical (unpaired) electrons. The summed E-state index contributed by atoms with van der Waals surface area (Å²) < 4.78 is 15.9. The van der Waals surface area contributed by atoms with Gasteiger partial charge < -0.3 is 14.2 Å². The molecule has 1 aliphatic heterocycles. The molecule has 1 atom stereocenters. The molecule has 0 amide bonds. The molecule has 4 nitrogen and oxygen atoms in total. The van der Waals surface area contributed by atoms with Crippen LogP contribution in [0.3, 0.4) is 0 Å². The lowest BCUT2D eigenvalue weighted by Gasteiger charge is -2.16. The maximum atomic E-state index is 11.2. The fourth-order valence-corrected chi connectivity index (χ4v) is 2.85. The number of thioether (sulfide) groups is 1. The summed E-state index contributed by atoms with van der Waals surface area (Å²) in [6.07, 6.45) is 0.444. The Morgan fingerprint density at radius 2 is 2.10 bits per heavy atom. The van der Waals surface area contributed by atoms with Gasteiger partial charge in [0.15, 0.2) is 5.79 Å². The highest BCUT2D eigenvalue weighted by molar-refractivity contribution is 7.99. The number of rotatable bonds is 5. The third-order valence-electron chi connectivity index (χ3n) is 3.00. The molecule has 0 aliphatic carbocycles. The van der Waals surface area contributed by atoms with Gasteiger partial charge in [-0.1, -0.05) is 12.1 Å². The van der Waals surface area contributed by atoms with Crippen molar-refractivity contribution in [3.63, 3.8) is 0 Å². The van der Waals surface area contributed by atoms with Gasteiger partial charge in [-0.2, -0.15) is 0 Å². The van der Waals surface area contributed by atoms with Crippen molar-refractivity contribution in [2.75, 3.05) is 19.5 Å². The molecular formula is C15H20O4S. The van der Waals surface area contributed by atoms with E-state index in [0.29, 0.717) is 13.0 Å². The molecule has 2 rings (SSSR count). The minimum atomic E-state index is -0.463. The van der Waals surface area contributed by atoms with Gasteiger partial charge in [-0.3, -0.25) is 4.79 Å². The fraction of sp³-hybridized carbons (Fsp3) is 0.533. The molecular weight excluding hydrogens is 276 g/mol. The molecule has 110 valence electrons. The summed E-state index contributed by atoms with van der Waals surface area (Å²) in [5.41, 5.74) is 0.961. The summed E-state index contributed by atoms with van der Waals surface area (Å²) in [7, 11) is 1.40. The second kappa shape index (κ2) is 6.61. The van der Waals surface area contributed by atoms with Crippen molar-refractivity contribution in [1.82, 2.24) is 0 Å². The minimum Gasteiger partial charge on any atom is -0.469 e. The van der Waals surface area contributed by atoms with Gasteiger partial charge >= 0.3 is 5.97 Å². The average molecular weight is 296 g/mol. The topological polar surface area (TPSA) is 44.8 Å². The first-order valence-corrected chi connectivity index (χ1v) is 7.57. The summed E-state index contributed by atoms with van der Waals surface area (Å²) in [4.78, 5) is 12.3. The first-order chi connectivity index (χ1) is 9.48. The second-order valence-corrected chi connectivity index (χ2v) is 6.25. The molecule has 0 aromatic heterocycles. The van der Waals surface area contributed by atoms with Crippen LogP contribution < -0.4 is 0 Å². The average Bonchev–Trinajstić information content (AvgIpc) is 2.77. The van der Waals surface area contributed by atoms with Gasteiger partial charge in [-0.25, -0.2) is 0 Å². The van der Waals surface area contributed by atoms with Crippen LogP contribution in [0.5, 0.6) is 0 Å². The highest BCUT2D eigenvalue weighted by Crippen LogP contribution is 2.27. The molecule has 1 saturated heterocycles. The van der Waals surface area contributed by atoms with Crippen molar-refractivity contribution in [3.05, 3.63) is 29.8 Å². The third-order valence-corrected chi connectivity index (χ3v) is 4.15. The lowest BCUT2D eigenvalue weighted by molar-refractivity contribution is -0.139. The third kappa shape index (κ3) is 4.51. The van der Waals surface area contributed by atoms with Gasteiger partial charge in [-0.05, 0) is 31.5 Å². The predicted octanol–water partition coefficient (Wildman–Crippen LogP) is 2.65. The number of hydrogen-bond acceptors (Lipinski definition) is 5. The fourth-order valence-electron chi connectivity index (χ4n) is 1.98. The summed E-state index contributed by atoms with van der Waals surface area (Å²) >= 11 is 1.73. The number of ether oxygens (including phenoxy) is 3. The monoisotopic (exact) mass is 296 g/mol. The SMILES string of the molecule is COC(=O)Cc1ccc(SC[C@H]2COC(C)(C)O2)cc1. The van der Waals surface area contributed by atoms with E-state index in [0.717, 1.165) is 16.2 Å². The predicted molar refractivity (Wildman–Crippen MR) is 77.8 cm³/mol. The lowest BCUT2D eigenvalue weighted by Crippen LogP contribution is -2.22. The molecule has 1 heterocycles. The van der Waals surface area contributed by atoms with Crippen molar-refractivity contribution in [2.45, 2.75) is 37.1 Å². The smallest absolute Gasteiger partial charge is 0.309 e. The number of carbonyl (C=O) groups is 1. The summed E-state index contributed by atoms with van der Waals surface area (Å²) in [5, 5.41) is 0. The van der Waals surface area contributed by atoms with E-state index in [-0.39, 0.29) is 12.1 Å². The first-order valence-electron chi connectivity index (χ1n) is 6.59. The minimum absolute atomic E-state index is 0.129. The van der Waals surface area contributed by atoms with Crippen LogP contribution in [0.25, 0.3) is 0 Å². The number of hydrogen-bond donors (Lipinski definition) is 0.